The number of likely N-dealkylation sites (N-methyl/N-ethyl adjacent to an activating group) is 1. The quantitative estimate of drug-likeness (QED) is 0.941. The van der Waals surface area contributed by atoms with Crippen LogP contribution < -0.4 is 5.32 Å². The van der Waals surface area contributed by atoms with Crippen LogP contribution in [0.3, 0.4) is 0 Å². The summed E-state index contributed by atoms with van der Waals surface area (Å²) in [6.45, 7) is 0.490. The summed E-state index contributed by atoms with van der Waals surface area (Å²) in [5.74, 6) is 0.143. The van der Waals surface area contributed by atoms with Crippen molar-refractivity contribution < 1.29 is 4.79 Å². The van der Waals surface area contributed by atoms with Crippen LogP contribution in [0.2, 0.25) is 0 Å². The van der Waals surface area contributed by atoms with Crippen LogP contribution in [0, 0.1) is 0 Å². The molecular weight excluding hydrogens is 288 g/mol. The predicted molar refractivity (Wildman–Crippen MR) is 88.5 cm³/mol. The molecule has 5 nitrogen and oxygen atoms in total. The fourth-order valence-corrected chi connectivity index (χ4v) is 3.21. The van der Waals surface area contributed by atoms with E-state index in [4.69, 9.17) is 0 Å². The van der Waals surface area contributed by atoms with E-state index in [0.29, 0.717) is 6.54 Å². The number of carbonyl (C=O) groups excluding carboxylic acids is 1. The minimum atomic E-state index is -0.125. The number of hydrogen-bond donors (Lipinski definition) is 1. The molecule has 3 rings (SSSR count). The maximum absolute atomic E-state index is 13.0. The average molecular weight is 310 g/mol. The number of amides is 1. The molecule has 1 aromatic heterocycles. The Labute approximate surface area is 136 Å². The maximum atomic E-state index is 13.0. The van der Waals surface area contributed by atoms with Gasteiger partial charge in [0.2, 0.25) is 5.91 Å². The Bertz CT molecular complexity index is 632. The van der Waals surface area contributed by atoms with E-state index in [1.165, 1.54) is 5.56 Å². The van der Waals surface area contributed by atoms with Crippen molar-refractivity contribution >= 4 is 5.91 Å². The molecule has 2 aromatic rings. The lowest BCUT2D eigenvalue weighted by Crippen LogP contribution is -2.44. The van der Waals surface area contributed by atoms with Gasteiger partial charge in [-0.15, -0.1) is 0 Å². The highest BCUT2D eigenvalue weighted by Crippen LogP contribution is 2.31. The van der Waals surface area contributed by atoms with Crippen LogP contribution in [0.1, 0.15) is 36.6 Å². The molecule has 5 heteroatoms. The Hall–Kier alpha value is -2.27. The van der Waals surface area contributed by atoms with Crippen LogP contribution in [0.4, 0.5) is 0 Å². The van der Waals surface area contributed by atoms with Crippen LogP contribution >= 0.6 is 0 Å². The molecule has 1 saturated heterocycles. The second-order valence-electron chi connectivity index (χ2n) is 5.86. The lowest BCUT2D eigenvalue weighted by Gasteiger charge is -2.31. The van der Waals surface area contributed by atoms with Crippen molar-refractivity contribution in [3.8, 4) is 0 Å². The number of carbonyl (C=O) groups is 1. The van der Waals surface area contributed by atoms with Crippen LogP contribution in [0.25, 0.3) is 0 Å². The number of rotatable bonds is 4. The first-order valence-electron chi connectivity index (χ1n) is 8.07. The summed E-state index contributed by atoms with van der Waals surface area (Å²) < 4.78 is 0. The van der Waals surface area contributed by atoms with Crippen LogP contribution in [-0.2, 0) is 11.3 Å². The first-order valence-corrected chi connectivity index (χ1v) is 8.07. The van der Waals surface area contributed by atoms with Crippen LogP contribution in [-0.4, -0.2) is 33.9 Å². The summed E-state index contributed by atoms with van der Waals surface area (Å²) >= 11 is 0. The molecule has 0 bridgehead atoms. The summed E-state index contributed by atoms with van der Waals surface area (Å²) in [7, 11) is 1.85. The van der Waals surface area contributed by atoms with Gasteiger partial charge in [0.25, 0.3) is 0 Å². The average Bonchev–Trinajstić information content (AvgIpc) is 2.76. The van der Waals surface area contributed by atoms with Gasteiger partial charge in [0.1, 0.15) is 0 Å². The Kier molecular flexibility index (Phi) is 4.98. The van der Waals surface area contributed by atoms with E-state index in [0.717, 1.165) is 25.0 Å². The van der Waals surface area contributed by atoms with E-state index < -0.39 is 0 Å². The Balaban J connectivity index is 1.93. The topological polar surface area (TPSA) is 58.1 Å². The monoisotopic (exact) mass is 310 g/mol. The molecular formula is C18H22N4O. The lowest BCUT2D eigenvalue weighted by atomic mass is 10.0. The number of hydrogen-bond acceptors (Lipinski definition) is 4. The van der Waals surface area contributed by atoms with Crippen molar-refractivity contribution in [2.75, 3.05) is 7.05 Å². The maximum Gasteiger partial charge on any atom is 0.240 e. The van der Waals surface area contributed by atoms with E-state index in [1.807, 2.05) is 30.1 Å². The van der Waals surface area contributed by atoms with Gasteiger partial charge < -0.3 is 10.2 Å². The van der Waals surface area contributed by atoms with E-state index >= 15 is 0 Å². The zero-order valence-electron chi connectivity index (χ0n) is 13.4. The number of nitrogens with zero attached hydrogens (tertiary/aromatic N) is 3. The minimum Gasteiger partial charge on any atom is -0.328 e. The Morgan fingerprint density at radius 2 is 2.04 bits per heavy atom. The van der Waals surface area contributed by atoms with Crippen molar-refractivity contribution in [3.63, 3.8) is 0 Å². The van der Waals surface area contributed by atoms with E-state index in [2.05, 4.69) is 27.4 Å². The van der Waals surface area contributed by atoms with Gasteiger partial charge >= 0.3 is 0 Å². The second kappa shape index (κ2) is 7.33. The normalized spacial score (nSPS) is 22.0. The molecule has 1 amide bonds. The summed E-state index contributed by atoms with van der Waals surface area (Å²) in [6, 6.07) is 10.2. The third kappa shape index (κ3) is 3.56. The first kappa shape index (κ1) is 15.6. The van der Waals surface area contributed by atoms with Crippen LogP contribution in [0.5, 0.6) is 0 Å². The van der Waals surface area contributed by atoms with Crippen LogP contribution in [0.15, 0.2) is 48.9 Å². The molecule has 1 aliphatic rings. The Morgan fingerprint density at radius 3 is 2.74 bits per heavy atom. The summed E-state index contributed by atoms with van der Waals surface area (Å²) in [5, 5.41) is 3.15. The zero-order valence-corrected chi connectivity index (χ0v) is 13.4. The molecule has 2 atom stereocenters. The molecule has 1 N–H and O–H groups in total. The first-order chi connectivity index (χ1) is 11.3. The SMILES string of the molecule is CNC1CCCC(c2ccccc2)N(Cc2cnccn2)C1=O. The van der Waals surface area contributed by atoms with Gasteiger partial charge in [-0.3, -0.25) is 14.8 Å². The van der Waals surface area contributed by atoms with E-state index in [-0.39, 0.29) is 18.0 Å². The summed E-state index contributed by atoms with van der Waals surface area (Å²) in [6.07, 6.45) is 7.91. The van der Waals surface area contributed by atoms with Gasteiger partial charge in [0.15, 0.2) is 0 Å². The number of aromatic nitrogens is 2. The molecule has 2 unspecified atom stereocenters. The molecule has 0 saturated carbocycles. The molecule has 0 spiro atoms. The second-order valence-corrected chi connectivity index (χ2v) is 5.86. The van der Waals surface area contributed by atoms with Crippen molar-refractivity contribution in [1.82, 2.24) is 20.2 Å². The number of nitrogens with one attached hydrogen (secondary N) is 1. The third-order valence-corrected chi connectivity index (χ3v) is 4.41. The fraction of sp³-hybridized carbons (Fsp3) is 0.389. The standard InChI is InChI=1S/C18H22N4O/c1-19-16-8-5-9-17(14-6-3-2-4-7-14)22(18(16)23)13-15-12-20-10-11-21-15/h2-4,6-7,10-12,16-17,19H,5,8-9,13H2,1H3. The van der Waals surface area contributed by atoms with Crippen molar-refractivity contribution in [3.05, 3.63) is 60.2 Å². The molecule has 23 heavy (non-hydrogen) atoms. The number of likely N-dealkylation sites (tertiary alicyclic amines) is 1. The summed E-state index contributed by atoms with van der Waals surface area (Å²) in [4.78, 5) is 23.4. The predicted octanol–water partition coefficient (Wildman–Crippen LogP) is 2.32. The zero-order chi connectivity index (χ0) is 16.1. The van der Waals surface area contributed by atoms with Crippen molar-refractivity contribution in [1.29, 1.82) is 0 Å². The molecule has 2 heterocycles. The van der Waals surface area contributed by atoms with Crippen molar-refractivity contribution in [2.24, 2.45) is 0 Å². The molecule has 1 aliphatic heterocycles. The van der Waals surface area contributed by atoms with E-state index in [1.54, 1.807) is 18.6 Å². The lowest BCUT2D eigenvalue weighted by molar-refractivity contribution is -0.135. The van der Waals surface area contributed by atoms with Crippen molar-refractivity contribution in [2.45, 2.75) is 37.9 Å². The van der Waals surface area contributed by atoms with Gasteiger partial charge in [-0.2, -0.15) is 0 Å². The van der Waals surface area contributed by atoms with Gasteiger partial charge in [-0.1, -0.05) is 30.3 Å². The highest BCUT2D eigenvalue weighted by molar-refractivity contribution is 5.82. The van der Waals surface area contributed by atoms with E-state index in [9.17, 15) is 4.79 Å². The Morgan fingerprint density at radius 1 is 1.22 bits per heavy atom. The molecule has 120 valence electrons. The largest absolute Gasteiger partial charge is 0.328 e. The van der Waals surface area contributed by atoms with Gasteiger partial charge in [0.05, 0.1) is 30.5 Å². The number of benzene rings is 1. The van der Waals surface area contributed by atoms with Gasteiger partial charge in [-0.05, 0) is 31.9 Å². The third-order valence-electron chi connectivity index (χ3n) is 4.41. The highest BCUT2D eigenvalue weighted by Gasteiger charge is 2.33. The summed E-state index contributed by atoms with van der Waals surface area (Å²) in [5.41, 5.74) is 2.00. The molecule has 0 radical (unpaired) electrons. The molecule has 1 fully saturated rings. The smallest absolute Gasteiger partial charge is 0.240 e. The molecule has 0 aliphatic carbocycles. The van der Waals surface area contributed by atoms with Gasteiger partial charge in [-0.25, -0.2) is 0 Å². The fourth-order valence-electron chi connectivity index (χ4n) is 3.21. The molecule has 1 aromatic carbocycles. The minimum absolute atomic E-state index is 0.0871. The highest BCUT2D eigenvalue weighted by atomic mass is 16.2. The van der Waals surface area contributed by atoms with Gasteiger partial charge in [0, 0.05) is 12.4 Å².